The highest BCUT2D eigenvalue weighted by Gasteiger charge is 2.15. The van der Waals surface area contributed by atoms with Crippen LogP contribution in [0.1, 0.15) is 22.3 Å². The molecule has 26 heavy (non-hydrogen) atoms. The Morgan fingerprint density at radius 3 is 2.58 bits per heavy atom. The normalized spacial score (nSPS) is 11.5. The standard InChI is InChI=1S/C18H24N4O3S/c1-22(2)12-4-9-21-26(24,25)17-6-3-5-16(13-17)18(23)20-14-15-7-10-19-11-8-15/h3,5-8,10-11,13,21H,4,9,12,14H2,1-2H3,(H,20,23). The van der Waals surface area contributed by atoms with Gasteiger partial charge in [-0.25, -0.2) is 13.1 Å². The molecular weight excluding hydrogens is 352 g/mol. The van der Waals surface area contributed by atoms with Crippen LogP contribution >= 0.6 is 0 Å². The Kier molecular flexibility index (Phi) is 7.26. The number of carbonyl (C=O) groups excluding carboxylic acids is 1. The monoisotopic (exact) mass is 376 g/mol. The quantitative estimate of drug-likeness (QED) is 0.643. The maximum atomic E-state index is 12.4. The van der Waals surface area contributed by atoms with Gasteiger partial charge in [0.1, 0.15) is 0 Å². The zero-order chi connectivity index (χ0) is 19.0. The van der Waals surface area contributed by atoms with Crippen LogP contribution < -0.4 is 10.0 Å². The Balaban J connectivity index is 1.98. The molecule has 0 spiro atoms. The summed E-state index contributed by atoms with van der Waals surface area (Å²) in [5.74, 6) is -0.327. The Morgan fingerprint density at radius 2 is 1.88 bits per heavy atom. The van der Waals surface area contributed by atoms with E-state index in [9.17, 15) is 13.2 Å². The number of pyridine rings is 1. The third-order valence-corrected chi connectivity index (χ3v) is 5.14. The number of nitrogens with zero attached hydrogens (tertiary/aromatic N) is 2. The van der Waals surface area contributed by atoms with Gasteiger partial charge in [-0.1, -0.05) is 6.07 Å². The molecule has 7 nitrogen and oxygen atoms in total. The van der Waals surface area contributed by atoms with Crippen molar-refractivity contribution >= 4 is 15.9 Å². The molecular formula is C18H24N4O3S. The van der Waals surface area contributed by atoms with Gasteiger partial charge in [-0.15, -0.1) is 0 Å². The zero-order valence-electron chi connectivity index (χ0n) is 15.0. The van der Waals surface area contributed by atoms with Crippen molar-refractivity contribution < 1.29 is 13.2 Å². The number of hydrogen-bond acceptors (Lipinski definition) is 5. The van der Waals surface area contributed by atoms with Crippen LogP contribution in [0.2, 0.25) is 0 Å². The number of aromatic nitrogens is 1. The highest BCUT2D eigenvalue weighted by molar-refractivity contribution is 7.89. The molecule has 1 amide bonds. The number of nitrogens with one attached hydrogen (secondary N) is 2. The van der Waals surface area contributed by atoms with Crippen molar-refractivity contribution in [2.45, 2.75) is 17.9 Å². The molecule has 140 valence electrons. The highest BCUT2D eigenvalue weighted by atomic mass is 32.2. The second kappa shape index (κ2) is 9.42. The lowest BCUT2D eigenvalue weighted by molar-refractivity contribution is 0.0950. The van der Waals surface area contributed by atoms with E-state index in [0.29, 0.717) is 25.1 Å². The molecule has 0 atom stereocenters. The van der Waals surface area contributed by atoms with Crippen molar-refractivity contribution in [2.75, 3.05) is 27.2 Å². The van der Waals surface area contributed by atoms with Crippen LogP contribution in [0.5, 0.6) is 0 Å². The number of sulfonamides is 1. The van der Waals surface area contributed by atoms with Crippen molar-refractivity contribution in [3.63, 3.8) is 0 Å². The number of amides is 1. The molecule has 2 N–H and O–H groups in total. The lowest BCUT2D eigenvalue weighted by Gasteiger charge is -2.11. The number of rotatable bonds is 9. The van der Waals surface area contributed by atoms with Crippen molar-refractivity contribution in [3.05, 3.63) is 59.9 Å². The van der Waals surface area contributed by atoms with Crippen LogP contribution in [0.4, 0.5) is 0 Å². The van der Waals surface area contributed by atoms with Crippen LogP contribution in [0.3, 0.4) is 0 Å². The van der Waals surface area contributed by atoms with Crippen molar-refractivity contribution in [1.82, 2.24) is 19.9 Å². The molecule has 2 rings (SSSR count). The SMILES string of the molecule is CN(C)CCCNS(=O)(=O)c1cccc(C(=O)NCc2ccncc2)c1. The first-order valence-electron chi connectivity index (χ1n) is 8.30. The van der Waals surface area contributed by atoms with Gasteiger partial charge in [0.15, 0.2) is 0 Å². The Bertz CT molecular complexity index is 823. The molecule has 8 heteroatoms. The minimum absolute atomic E-state index is 0.0823. The second-order valence-electron chi connectivity index (χ2n) is 6.12. The van der Waals surface area contributed by atoms with E-state index in [-0.39, 0.29) is 10.8 Å². The molecule has 0 aliphatic carbocycles. The minimum Gasteiger partial charge on any atom is -0.348 e. The molecule has 0 radical (unpaired) electrons. The molecule has 1 aromatic heterocycles. The molecule has 0 saturated heterocycles. The van der Waals surface area contributed by atoms with Gasteiger partial charge in [-0.05, 0) is 63.0 Å². The molecule has 2 aromatic rings. The Hall–Kier alpha value is -2.29. The van der Waals surface area contributed by atoms with E-state index >= 15 is 0 Å². The molecule has 0 bridgehead atoms. The summed E-state index contributed by atoms with van der Waals surface area (Å²) in [5.41, 5.74) is 1.22. The molecule has 0 saturated carbocycles. The second-order valence-corrected chi connectivity index (χ2v) is 7.89. The van der Waals surface area contributed by atoms with E-state index in [4.69, 9.17) is 0 Å². The molecule has 0 aliphatic heterocycles. The van der Waals surface area contributed by atoms with Gasteiger partial charge < -0.3 is 10.2 Å². The summed E-state index contributed by atoms with van der Waals surface area (Å²) in [5, 5.41) is 2.77. The largest absolute Gasteiger partial charge is 0.348 e. The van der Waals surface area contributed by atoms with Crippen LogP contribution in [-0.2, 0) is 16.6 Å². The molecule has 1 heterocycles. The van der Waals surface area contributed by atoms with E-state index in [1.807, 2.05) is 19.0 Å². The lowest BCUT2D eigenvalue weighted by atomic mass is 10.2. The summed E-state index contributed by atoms with van der Waals surface area (Å²) in [4.78, 5) is 18.3. The summed E-state index contributed by atoms with van der Waals surface area (Å²) in [6.07, 6.45) is 4.01. The fourth-order valence-corrected chi connectivity index (χ4v) is 3.39. The van der Waals surface area contributed by atoms with Gasteiger partial charge in [-0.3, -0.25) is 9.78 Å². The summed E-state index contributed by atoms with van der Waals surface area (Å²) in [6.45, 7) is 1.49. The predicted octanol–water partition coefficient (Wildman–Crippen LogP) is 1.24. The van der Waals surface area contributed by atoms with Crippen molar-refractivity contribution in [2.24, 2.45) is 0 Å². The van der Waals surface area contributed by atoms with E-state index in [2.05, 4.69) is 15.0 Å². The molecule has 0 unspecified atom stereocenters. The van der Waals surface area contributed by atoms with Crippen molar-refractivity contribution in [3.8, 4) is 0 Å². The fourth-order valence-electron chi connectivity index (χ4n) is 2.27. The highest BCUT2D eigenvalue weighted by Crippen LogP contribution is 2.12. The maximum Gasteiger partial charge on any atom is 0.251 e. The topological polar surface area (TPSA) is 91.4 Å². The number of hydrogen-bond donors (Lipinski definition) is 2. The van der Waals surface area contributed by atoms with Crippen molar-refractivity contribution in [1.29, 1.82) is 0 Å². The summed E-state index contributed by atoms with van der Waals surface area (Å²) in [6, 6.07) is 9.63. The van der Waals surface area contributed by atoms with Crippen LogP contribution in [0, 0.1) is 0 Å². The van der Waals surface area contributed by atoms with Gasteiger partial charge in [0.05, 0.1) is 4.90 Å². The zero-order valence-corrected chi connectivity index (χ0v) is 15.8. The number of carbonyl (C=O) groups is 1. The lowest BCUT2D eigenvalue weighted by Crippen LogP contribution is -2.28. The summed E-state index contributed by atoms with van der Waals surface area (Å²) < 4.78 is 27.3. The summed E-state index contributed by atoms with van der Waals surface area (Å²) >= 11 is 0. The number of benzene rings is 1. The Labute approximate surface area is 154 Å². The van der Waals surface area contributed by atoms with Gasteiger partial charge in [0, 0.05) is 31.0 Å². The average molecular weight is 376 g/mol. The third-order valence-electron chi connectivity index (χ3n) is 3.68. The minimum atomic E-state index is -3.64. The van der Waals surface area contributed by atoms with Gasteiger partial charge in [-0.2, -0.15) is 0 Å². The van der Waals surface area contributed by atoms with E-state index in [0.717, 1.165) is 12.1 Å². The molecule has 0 aliphatic rings. The van der Waals surface area contributed by atoms with Gasteiger partial charge in [0.2, 0.25) is 10.0 Å². The predicted molar refractivity (Wildman–Crippen MR) is 100 cm³/mol. The molecule has 1 aromatic carbocycles. The van der Waals surface area contributed by atoms with Gasteiger partial charge >= 0.3 is 0 Å². The van der Waals surface area contributed by atoms with Crippen LogP contribution in [0.15, 0.2) is 53.7 Å². The van der Waals surface area contributed by atoms with Crippen LogP contribution in [0.25, 0.3) is 0 Å². The van der Waals surface area contributed by atoms with Gasteiger partial charge in [0.25, 0.3) is 5.91 Å². The average Bonchev–Trinajstić information content (AvgIpc) is 2.64. The van der Waals surface area contributed by atoms with E-state index in [1.165, 1.54) is 12.1 Å². The first-order chi connectivity index (χ1) is 12.4. The molecule has 0 fully saturated rings. The smallest absolute Gasteiger partial charge is 0.251 e. The van der Waals surface area contributed by atoms with E-state index < -0.39 is 10.0 Å². The first-order valence-corrected chi connectivity index (χ1v) is 9.78. The fraction of sp³-hybridized carbons (Fsp3) is 0.333. The van der Waals surface area contributed by atoms with E-state index in [1.54, 1.807) is 36.7 Å². The first kappa shape index (κ1) is 20.0. The van der Waals surface area contributed by atoms with Crippen LogP contribution in [-0.4, -0.2) is 51.4 Å². The Morgan fingerprint density at radius 1 is 1.15 bits per heavy atom. The summed E-state index contributed by atoms with van der Waals surface area (Å²) in [7, 11) is 0.228. The third kappa shape index (κ3) is 6.21. The maximum absolute atomic E-state index is 12.4.